The quantitative estimate of drug-likeness (QED) is 0.784. The van der Waals surface area contributed by atoms with Crippen LogP contribution in [0.25, 0.3) is 0 Å². The average Bonchev–Trinajstić information content (AvgIpc) is 2.76. The van der Waals surface area contributed by atoms with Crippen LogP contribution in [0.2, 0.25) is 0 Å². The van der Waals surface area contributed by atoms with E-state index in [1.807, 2.05) is 48.5 Å². The van der Waals surface area contributed by atoms with Gasteiger partial charge in [-0.1, -0.05) is 60.7 Å². The van der Waals surface area contributed by atoms with Gasteiger partial charge in [0.1, 0.15) is 0 Å². The van der Waals surface area contributed by atoms with E-state index in [1.165, 1.54) is 5.56 Å². The molecule has 2 aromatic rings. The van der Waals surface area contributed by atoms with Crippen molar-refractivity contribution in [3.8, 4) is 0 Å². The Bertz CT molecular complexity index is 560. The minimum atomic E-state index is -0.906. The normalized spacial score (nSPS) is 29.5. The van der Waals surface area contributed by atoms with Gasteiger partial charge in [-0.3, -0.25) is 16.8 Å². The van der Waals surface area contributed by atoms with Crippen molar-refractivity contribution in [2.45, 2.75) is 24.5 Å². The molecule has 5 N–H and O–H groups in total. The van der Waals surface area contributed by atoms with E-state index in [0.29, 0.717) is 0 Å². The molecule has 0 aliphatic carbocycles. The Kier molecular flexibility index (Phi) is 3.54. The van der Waals surface area contributed by atoms with Crippen LogP contribution in [0, 0.1) is 0 Å². The van der Waals surface area contributed by atoms with Crippen LogP contribution in [0.3, 0.4) is 0 Å². The fourth-order valence-electron chi connectivity index (χ4n) is 2.68. The molecular weight excluding hydrogens is 250 g/mol. The summed E-state index contributed by atoms with van der Waals surface area (Å²) >= 11 is 0. The van der Waals surface area contributed by atoms with Crippen LogP contribution in [0.5, 0.6) is 0 Å². The maximum absolute atomic E-state index is 6.50. The number of hydrogen-bond donors (Lipinski definition) is 3. The van der Waals surface area contributed by atoms with E-state index in [4.69, 9.17) is 16.2 Å². The van der Waals surface area contributed by atoms with Crippen LogP contribution in [-0.4, -0.2) is 12.4 Å². The highest BCUT2D eigenvalue weighted by Gasteiger charge is 2.45. The second-order valence-corrected chi connectivity index (χ2v) is 5.11. The molecule has 104 valence electrons. The second kappa shape index (κ2) is 5.34. The van der Waals surface area contributed by atoms with Gasteiger partial charge in [0.25, 0.3) is 0 Å². The van der Waals surface area contributed by atoms with Crippen molar-refractivity contribution in [1.29, 1.82) is 0 Å². The van der Waals surface area contributed by atoms with E-state index in [0.717, 1.165) is 12.0 Å². The lowest BCUT2D eigenvalue weighted by Crippen LogP contribution is -2.49. The molecule has 3 rings (SSSR count). The van der Waals surface area contributed by atoms with E-state index in [-0.39, 0.29) is 6.04 Å². The van der Waals surface area contributed by atoms with Crippen LogP contribution >= 0.6 is 0 Å². The molecule has 0 spiro atoms. The summed E-state index contributed by atoms with van der Waals surface area (Å²) in [6.07, 6.45) is 0.217. The van der Waals surface area contributed by atoms with Gasteiger partial charge in [-0.15, -0.1) is 0 Å². The van der Waals surface area contributed by atoms with Crippen molar-refractivity contribution in [2.75, 3.05) is 0 Å². The highest BCUT2D eigenvalue weighted by atomic mass is 16.6. The Morgan fingerprint density at radius 3 is 2.25 bits per heavy atom. The Morgan fingerprint density at radius 2 is 1.60 bits per heavy atom. The predicted octanol–water partition coefficient (Wildman–Crippen LogP) is 1.27. The SMILES string of the molecule is N[C@H]1N[C@@H](Cc2ccccc2)C(N)(c2ccccc2)O1. The summed E-state index contributed by atoms with van der Waals surface area (Å²) in [7, 11) is 0. The lowest BCUT2D eigenvalue weighted by molar-refractivity contribution is -0.0467. The van der Waals surface area contributed by atoms with Gasteiger partial charge < -0.3 is 4.74 Å². The molecule has 0 saturated carbocycles. The van der Waals surface area contributed by atoms with Crippen LogP contribution in [-0.2, 0) is 16.9 Å². The summed E-state index contributed by atoms with van der Waals surface area (Å²) in [5.74, 6) is 0. The smallest absolute Gasteiger partial charge is 0.164 e. The topological polar surface area (TPSA) is 73.3 Å². The van der Waals surface area contributed by atoms with E-state index < -0.39 is 12.1 Å². The first-order valence-electron chi connectivity index (χ1n) is 6.76. The molecule has 2 aromatic carbocycles. The molecule has 0 aromatic heterocycles. The third kappa shape index (κ3) is 2.46. The monoisotopic (exact) mass is 269 g/mol. The second-order valence-electron chi connectivity index (χ2n) is 5.11. The first-order chi connectivity index (χ1) is 9.68. The van der Waals surface area contributed by atoms with Gasteiger partial charge >= 0.3 is 0 Å². The summed E-state index contributed by atoms with van der Waals surface area (Å²) in [6, 6.07) is 19.9. The molecule has 1 aliphatic heterocycles. The van der Waals surface area contributed by atoms with Gasteiger partial charge in [0, 0.05) is 5.56 Å². The molecule has 1 aliphatic rings. The highest BCUT2D eigenvalue weighted by Crippen LogP contribution is 2.31. The van der Waals surface area contributed by atoms with Gasteiger partial charge in [-0.25, -0.2) is 0 Å². The molecular formula is C16H19N3O. The number of benzene rings is 2. The lowest BCUT2D eigenvalue weighted by atomic mass is 9.91. The zero-order chi connectivity index (χ0) is 14.0. The fourth-order valence-corrected chi connectivity index (χ4v) is 2.68. The molecule has 20 heavy (non-hydrogen) atoms. The lowest BCUT2D eigenvalue weighted by Gasteiger charge is -2.30. The summed E-state index contributed by atoms with van der Waals surface area (Å²) in [5, 5.41) is 3.22. The molecule has 1 heterocycles. The van der Waals surface area contributed by atoms with Crippen molar-refractivity contribution < 1.29 is 4.74 Å². The zero-order valence-electron chi connectivity index (χ0n) is 11.2. The van der Waals surface area contributed by atoms with Crippen molar-refractivity contribution in [1.82, 2.24) is 5.32 Å². The largest absolute Gasteiger partial charge is 0.324 e. The summed E-state index contributed by atoms with van der Waals surface area (Å²) in [5.41, 5.74) is 13.6. The van der Waals surface area contributed by atoms with Gasteiger partial charge in [-0.05, 0) is 12.0 Å². The Balaban J connectivity index is 1.89. The minimum Gasteiger partial charge on any atom is -0.324 e. The van der Waals surface area contributed by atoms with Crippen molar-refractivity contribution in [2.24, 2.45) is 11.5 Å². The highest BCUT2D eigenvalue weighted by molar-refractivity contribution is 5.27. The molecule has 4 nitrogen and oxygen atoms in total. The summed E-state index contributed by atoms with van der Waals surface area (Å²) in [4.78, 5) is 0. The number of nitrogens with one attached hydrogen (secondary N) is 1. The molecule has 1 saturated heterocycles. The molecule has 0 bridgehead atoms. The number of hydrogen-bond acceptors (Lipinski definition) is 4. The van der Waals surface area contributed by atoms with E-state index >= 15 is 0 Å². The standard InChI is InChI=1S/C16H19N3O/c17-15-19-14(11-12-7-3-1-4-8-12)16(18,20-15)13-9-5-2-6-10-13/h1-10,14-15,19H,11,17-18H2/t14-,15-,16?/m0/s1. The third-order valence-electron chi connectivity index (χ3n) is 3.71. The molecule has 3 atom stereocenters. The van der Waals surface area contributed by atoms with Crippen molar-refractivity contribution in [3.05, 3.63) is 71.8 Å². The maximum Gasteiger partial charge on any atom is 0.164 e. The summed E-state index contributed by atoms with van der Waals surface area (Å²) < 4.78 is 5.76. The summed E-state index contributed by atoms with van der Waals surface area (Å²) in [6.45, 7) is 0. The van der Waals surface area contributed by atoms with Crippen LogP contribution < -0.4 is 16.8 Å². The van der Waals surface area contributed by atoms with Crippen LogP contribution in [0.15, 0.2) is 60.7 Å². The van der Waals surface area contributed by atoms with Crippen molar-refractivity contribution >= 4 is 0 Å². The molecule has 1 fully saturated rings. The average molecular weight is 269 g/mol. The Morgan fingerprint density at radius 1 is 1.00 bits per heavy atom. The van der Waals surface area contributed by atoms with E-state index in [2.05, 4.69) is 17.4 Å². The third-order valence-corrected chi connectivity index (χ3v) is 3.71. The fraction of sp³-hybridized carbons (Fsp3) is 0.250. The molecule has 1 unspecified atom stereocenters. The van der Waals surface area contributed by atoms with Gasteiger partial charge in [0.05, 0.1) is 6.04 Å². The number of rotatable bonds is 3. The maximum atomic E-state index is 6.50. The van der Waals surface area contributed by atoms with Crippen LogP contribution in [0.1, 0.15) is 11.1 Å². The van der Waals surface area contributed by atoms with E-state index in [1.54, 1.807) is 0 Å². The van der Waals surface area contributed by atoms with Gasteiger partial charge in [0.2, 0.25) is 0 Å². The van der Waals surface area contributed by atoms with Crippen LogP contribution in [0.4, 0.5) is 0 Å². The van der Waals surface area contributed by atoms with Crippen molar-refractivity contribution in [3.63, 3.8) is 0 Å². The molecule has 4 heteroatoms. The Labute approximate surface area is 118 Å². The van der Waals surface area contributed by atoms with Gasteiger partial charge in [0.15, 0.2) is 12.1 Å². The Hall–Kier alpha value is -1.72. The number of ether oxygens (including phenoxy) is 1. The van der Waals surface area contributed by atoms with E-state index in [9.17, 15) is 0 Å². The predicted molar refractivity (Wildman–Crippen MR) is 78.4 cm³/mol. The van der Waals surface area contributed by atoms with Gasteiger partial charge in [-0.2, -0.15) is 0 Å². The zero-order valence-corrected chi connectivity index (χ0v) is 11.2. The minimum absolute atomic E-state index is 0.0673. The number of nitrogens with two attached hydrogens (primary N) is 2. The first-order valence-corrected chi connectivity index (χ1v) is 6.76. The molecule has 0 radical (unpaired) electrons. The molecule has 0 amide bonds. The first kappa shape index (κ1) is 13.3.